The minimum atomic E-state index is -0.0317. The minimum Gasteiger partial charge on any atom is -0.327 e. The van der Waals surface area contributed by atoms with Gasteiger partial charge in [0.25, 0.3) is 5.91 Å². The molecule has 0 unspecified atom stereocenters. The SMILES string of the molecule is CC.CC.CC(=O)CN1Cc2ccccc2C1=O. The Labute approximate surface area is 110 Å². The maximum atomic E-state index is 11.7. The molecule has 0 spiro atoms. The summed E-state index contributed by atoms with van der Waals surface area (Å²) in [4.78, 5) is 24.2. The van der Waals surface area contributed by atoms with Gasteiger partial charge >= 0.3 is 0 Å². The van der Waals surface area contributed by atoms with E-state index >= 15 is 0 Å². The molecule has 1 amide bonds. The van der Waals surface area contributed by atoms with E-state index < -0.39 is 0 Å². The zero-order valence-electron chi connectivity index (χ0n) is 12.0. The normalized spacial score (nSPS) is 11.8. The molecule has 100 valence electrons. The molecule has 0 atom stereocenters. The molecule has 0 N–H and O–H groups in total. The first-order valence-corrected chi connectivity index (χ1v) is 6.55. The highest BCUT2D eigenvalue weighted by Crippen LogP contribution is 2.21. The number of hydrogen-bond donors (Lipinski definition) is 0. The number of rotatable bonds is 2. The predicted octanol–water partition coefficient (Wildman–Crippen LogP) is 3.28. The largest absolute Gasteiger partial charge is 0.327 e. The van der Waals surface area contributed by atoms with Crippen LogP contribution < -0.4 is 0 Å². The highest BCUT2D eigenvalue weighted by Gasteiger charge is 2.26. The highest BCUT2D eigenvalue weighted by molar-refractivity contribution is 6.00. The second-order valence-corrected chi connectivity index (χ2v) is 3.52. The van der Waals surface area contributed by atoms with Gasteiger partial charge in [-0.25, -0.2) is 0 Å². The topological polar surface area (TPSA) is 37.4 Å². The summed E-state index contributed by atoms with van der Waals surface area (Å²) < 4.78 is 0. The van der Waals surface area contributed by atoms with Gasteiger partial charge in [-0.05, 0) is 18.6 Å². The Bertz CT molecular complexity index is 399. The number of carbonyl (C=O) groups is 2. The van der Waals surface area contributed by atoms with E-state index in [1.54, 1.807) is 11.0 Å². The molecule has 0 aromatic heterocycles. The summed E-state index contributed by atoms with van der Waals surface area (Å²) in [6.07, 6.45) is 0. The molecular formula is C15H23NO2. The van der Waals surface area contributed by atoms with E-state index in [0.29, 0.717) is 6.54 Å². The highest BCUT2D eigenvalue weighted by atomic mass is 16.2. The van der Waals surface area contributed by atoms with Crippen molar-refractivity contribution < 1.29 is 9.59 Å². The van der Waals surface area contributed by atoms with Gasteiger partial charge in [0.05, 0.1) is 6.54 Å². The van der Waals surface area contributed by atoms with Gasteiger partial charge in [0.2, 0.25) is 0 Å². The summed E-state index contributed by atoms with van der Waals surface area (Å²) in [6, 6.07) is 7.47. The van der Waals surface area contributed by atoms with Crippen molar-refractivity contribution in [3.63, 3.8) is 0 Å². The molecule has 0 saturated heterocycles. The van der Waals surface area contributed by atoms with Crippen LogP contribution in [-0.2, 0) is 11.3 Å². The van der Waals surface area contributed by atoms with Crippen LogP contribution in [0.3, 0.4) is 0 Å². The van der Waals surface area contributed by atoms with Crippen LogP contribution in [0.25, 0.3) is 0 Å². The summed E-state index contributed by atoms with van der Waals surface area (Å²) in [6.45, 7) is 10.3. The molecule has 1 aliphatic heterocycles. The fraction of sp³-hybridized carbons (Fsp3) is 0.467. The minimum absolute atomic E-state index is 0.0196. The number of ketones is 1. The first-order valence-electron chi connectivity index (χ1n) is 6.55. The smallest absolute Gasteiger partial charge is 0.254 e. The maximum absolute atomic E-state index is 11.7. The van der Waals surface area contributed by atoms with Gasteiger partial charge in [-0.15, -0.1) is 0 Å². The Morgan fingerprint density at radius 3 is 2.22 bits per heavy atom. The van der Waals surface area contributed by atoms with Gasteiger partial charge in [-0.3, -0.25) is 9.59 Å². The average Bonchev–Trinajstić information content (AvgIpc) is 2.71. The third-order valence-corrected chi connectivity index (χ3v) is 2.31. The number of nitrogens with zero attached hydrogens (tertiary/aromatic N) is 1. The summed E-state index contributed by atoms with van der Waals surface area (Å²) in [5.41, 5.74) is 1.74. The van der Waals surface area contributed by atoms with Gasteiger partial charge in [-0.1, -0.05) is 45.9 Å². The van der Waals surface area contributed by atoms with Crippen molar-refractivity contribution in [1.82, 2.24) is 4.90 Å². The van der Waals surface area contributed by atoms with E-state index in [-0.39, 0.29) is 18.2 Å². The zero-order valence-corrected chi connectivity index (χ0v) is 12.0. The van der Waals surface area contributed by atoms with Crippen LogP contribution in [0.2, 0.25) is 0 Å². The lowest BCUT2D eigenvalue weighted by Gasteiger charge is -2.12. The first-order chi connectivity index (χ1) is 8.68. The monoisotopic (exact) mass is 249 g/mol. The van der Waals surface area contributed by atoms with E-state index in [2.05, 4.69) is 0 Å². The standard InChI is InChI=1S/C11H11NO2.2C2H6/c1-8(13)6-12-7-9-4-2-3-5-10(9)11(12)14;2*1-2/h2-5H,6-7H2,1H3;2*1-2H3. The van der Waals surface area contributed by atoms with Crippen LogP contribution >= 0.6 is 0 Å². The lowest BCUT2D eigenvalue weighted by atomic mass is 10.1. The van der Waals surface area contributed by atoms with Crippen LogP contribution in [0.15, 0.2) is 24.3 Å². The van der Waals surface area contributed by atoms with Crippen molar-refractivity contribution in [2.75, 3.05) is 6.54 Å². The van der Waals surface area contributed by atoms with Crippen LogP contribution in [0, 0.1) is 0 Å². The Morgan fingerprint density at radius 1 is 1.17 bits per heavy atom. The zero-order chi connectivity index (χ0) is 14.1. The van der Waals surface area contributed by atoms with Gasteiger partial charge in [0.15, 0.2) is 0 Å². The molecule has 0 fully saturated rings. The lowest BCUT2D eigenvalue weighted by Crippen LogP contribution is -2.28. The van der Waals surface area contributed by atoms with Crippen LogP contribution in [-0.4, -0.2) is 23.1 Å². The Hall–Kier alpha value is -1.64. The Balaban J connectivity index is 0.000000659. The summed E-state index contributed by atoms with van der Waals surface area (Å²) in [5.74, 6) is -0.0121. The Kier molecular flexibility index (Phi) is 7.68. The molecule has 3 nitrogen and oxygen atoms in total. The second kappa shape index (κ2) is 8.45. The van der Waals surface area contributed by atoms with E-state index in [0.717, 1.165) is 11.1 Å². The summed E-state index contributed by atoms with van der Waals surface area (Å²) in [5, 5.41) is 0. The predicted molar refractivity (Wildman–Crippen MR) is 74.6 cm³/mol. The third kappa shape index (κ3) is 3.99. The Morgan fingerprint density at radius 2 is 1.72 bits per heavy atom. The number of Topliss-reactive ketones (excluding diaryl/α,β-unsaturated/α-hetero) is 1. The number of amides is 1. The van der Waals surface area contributed by atoms with E-state index in [9.17, 15) is 9.59 Å². The van der Waals surface area contributed by atoms with Crippen molar-refractivity contribution in [3.8, 4) is 0 Å². The van der Waals surface area contributed by atoms with Gasteiger partial charge in [-0.2, -0.15) is 0 Å². The third-order valence-electron chi connectivity index (χ3n) is 2.31. The molecule has 0 aliphatic carbocycles. The fourth-order valence-corrected chi connectivity index (χ4v) is 1.71. The van der Waals surface area contributed by atoms with Crippen LogP contribution in [0.4, 0.5) is 0 Å². The summed E-state index contributed by atoms with van der Waals surface area (Å²) in [7, 11) is 0. The van der Waals surface area contributed by atoms with Gasteiger partial charge < -0.3 is 4.90 Å². The van der Waals surface area contributed by atoms with Gasteiger partial charge in [0, 0.05) is 12.1 Å². The van der Waals surface area contributed by atoms with Crippen molar-refractivity contribution in [3.05, 3.63) is 35.4 Å². The number of fused-ring (bicyclic) bond motifs is 1. The number of carbonyl (C=O) groups excluding carboxylic acids is 2. The quantitative estimate of drug-likeness (QED) is 0.806. The van der Waals surface area contributed by atoms with E-state index in [1.165, 1.54) is 6.92 Å². The molecule has 1 aliphatic rings. The van der Waals surface area contributed by atoms with E-state index in [1.807, 2.05) is 45.9 Å². The van der Waals surface area contributed by atoms with Crippen molar-refractivity contribution in [2.24, 2.45) is 0 Å². The number of benzene rings is 1. The summed E-state index contributed by atoms with van der Waals surface area (Å²) >= 11 is 0. The fourth-order valence-electron chi connectivity index (χ4n) is 1.71. The lowest BCUT2D eigenvalue weighted by molar-refractivity contribution is -0.117. The molecule has 1 aromatic carbocycles. The van der Waals surface area contributed by atoms with E-state index in [4.69, 9.17) is 0 Å². The molecule has 2 rings (SSSR count). The van der Waals surface area contributed by atoms with Crippen LogP contribution in [0.1, 0.15) is 50.5 Å². The van der Waals surface area contributed by atoms with Crippen molar-refractivity contribution in [1.29, 1.82) is 0 Å². The molecule has 3 heteroatoms. The number of hydrogen-bond acceptors (Lipinski definition) is 2. The molecule has 0 radical (unpaired) electrons. The van der Waals surface area contributed by atoms with Crippen molar-refractivity contribution >= 4 is 11.7 Å². The van der Waals surface area contributed by atoms with Crippen molar-refractivity contribution in [2.45, 2.75) is 41.2 Å². The molecular weight excluding hydrogens is 226 g/mol. The maximum Gasteiger partial charge on any atom is 0.254 e. The molecule has 1 aromatic rings. The molecule has 18 heavy (non-hydrogen) atoms. The molecule has 0 saturated carbocycles. The average molecular weight is 249 g/mol. The molecule has 0 bridgehead atoms. The van der Waals surface area contributed by atoms with Gasteiger partial charge in [0.1, 0.15) is 5.78 Å². The van der Waals surface area contributed by atoms with Crippen LogP contribution in [0.5, 0.6) is 0 Å². The first kappa shape index (κ1) is 16.4. The second-order valence-electron chi connectivity index (χ2n) is 3.52. The molecule has 1 heterocycles.